The summed E-state index contributed by atoms with van der Waals surface area (Å²) in [6.07, 6.45) is 0. The van der Waals surface area contributed by atoms with Crippen molar-refractivity contribution in [2.45, 2.75) is 6.92 Å². The molecule has 106 valence electrons. The summed E-state index contributed by atoms with van der Waals surface area (Å²) in [5.41, 5.74) is 8.26. The van der Waals surface area contributed by atoms with Crippen molar-refractivity contribution in [2.24, 2.45) is 0 Å². The highest BCUT2D eigenvalue weighted by atomic mass is 32.1. The predicted molar refractivity (Wildman–Crippen MR) is 83.2 cm³/mol. The van der Waals surface area contributed by atoms with E-state index in [1.54, 1.807) is 13.0 Å². The third-order valence-electron chi connectivity index (χ3n) is 2.94. The molecular weight excluding hydrogens is 286 g/mol. The number of benzene rings is 1. The van der Waals surface area contributed by atoms with E-state index < -0.39 is 0 Å². The summed E-state index contributed by atoms with van der Waals surface area (Å²) >= 11 is 1.24. The molecule has 0 spiro atoms. The van der Waals surface area contributed by atoms with Gasteiger partial charge in [0.05, 0.1) is 22.6 Å². The fourth-order valence-electron chi connectivity index (χ4n) is 2.05. The molecule has 0 aliphatic rings. The number of nitrogens with two attached hydrogens (primary N) is 1. The summed E-state index contributed by atoms with van der Waals surface area (Å²) in [6.45, 7) is 2.09. The van der Waals surface area contributed by atoms with E-state index in [0.717, 1.165) is 5.56 Å². The molecule has 0 bridgehead atoms. The number of pyridine rings is 1. The molecule has 2 aromatic heterocycles. The van der Waals surface area contributed by atoms with Crippen LogP contribution in [0.25, 0.3) is 21.6 Å². The molecule has 0 saturated heterocycles. The number of fused-ring (bicyclic) bond motifs is 1. The van der Waals surface area contributed by atoms with E-state index in [1.165, 1.54) is 11.3 Å². The molecule has 3 aromatic rings. The van der Waals surface area contributed by atoms with Gasteiger partial charge in [-0.2, -0.15) is 0 Å². The fraction of sp³-hybridized carbons (Fsp3) is 0.133. The second kappa shape index (κ2) is 5.49. The van der Waals surface area contributed by atoms with Crippen molar-refractivity contribution in [1.29, 1.82) is 0 Å². The Kier molecular flexibility index (Phi) is 3.53. The van der Waals surface area contributed by atoms with Crippen LogP contribution in [0.5, 0.6) is 0 Å². The van der Waals surface area contributed by atoms with Crippen molar-refractivity contribution in [3.8, 4) is 11.3 Å². The predicted octanol–water partition coefficient (Wildman–Crippen LogP) is 3.12. The van der Waals surface area contributed by atoms with Crippen LogP contribution in [0.3, 0.4) is 0 Å². The zero-order chi connectivity index (χ0) is 14.8. The van der Waals surface area contributed by atoms with Crippen molar-refractivity contribution < 1.29 is 9.53 Å². The summed E-state index contributed by atoms with van der Waals surface area (Å²) < 4.78 is 5.77. The number of aromatic nitrogens is 2. The average Bonchev–Trinajstić information content (AvgIpc) is 2.87. The first-order valence-electron chi connectivity index (χ1n) is 6.48. The van der Waals surface area contributed by atoms with Gasteiger partial charge in [-0.15, -0.1) is 0 Å². The second-order valence-corrected chi connectivity index (χ2v) is 5.38. The summed E-state index contributed by atoms with van der Waals surface area (Å²) in [5, 5.41) is 0.383. The molecule has 0 atom stereocenters. The van der Waals surface area contributed by atoms with Crippen LogP contribution >= 0.6 is 11.3 Å². The number of esters is 1. The van der Waals surface area contributed by atoms with Crippen molar-refractivity contribution in [2.75, 3.05) is 12.3 Å². The van der Waals surface area contributed by atoms with Gasteiger partial charge in [-0.05, 0) is 13.0 Å². The van der Waals surface area contributed by atoms with Gasteiger partial charge >= 0.3 is 5.97 Å². The van der Waals surface area contributed by atoms with Crippen molar-refractivity contribution in [3.05, 3.63) is 42.0 Å². The number of nitrogen functional groups attached to an aromatic ring is 1. The Morgan fingerprint density at radius 3 is 2.76 bits per heavy atom. The normalized spacial score (nSPS) is 10.7. The maximum Gasteiger partial charge on any atom is 0.339 e. The maximum atomic E-state index is 12.1. The molecule has 2 heterocycles. The first-order chi connectivity index (χ1) is 10.2. The number of hydrogen-bond acceptors (Lipinski definition) is 6. The molecule has 5 nitrogen and oxygen atoms in total. The van der Waals surface area contributed by atoms with Gasteiger partial charge < -0.3 is 10.5 Å². The zero-order valence-corrected chi connectivity index (χ0v) is 12.2. The minimum atomic E-state index is -0.384. The Balaban J connectivity index is 2.21. The molecule has 21 heavy (non-hydrogen) atoms. The highest BCUT2D eigenvalue weighted by molar-refractivity contribution is 7.22. The molecule has 1 aromatic carbocycles. The average molecular weight is 299 g/mol. The van der Waals surface area contributed by atoms with E-state index in [9.17, 15) is 4.79 Å². The molecule has 6 heteroatoms. The first-order valence-corrected chi connectivity index (χ1v) is 7.30. The van der Waals surface area contributed by atoms with Crippen LogP contribution in [0, 0.1) is 0 Å². The number of nitrogens with zero attached hydrogens (tertiary/aromatic N) is 2. The van der Waals surface area contributed by atoms with E-state index in [0.29, 0.717) is 33.3 Å². The second-order valence-electron chi connectivity index (χ2n) is 4.35. The number of hydrogen-bond donors (Lipinski definition) is 1. The van der Waals surface area contributed by atoms with Crippen LogP contribution in [-0.2, 0) is 4.74 Å². The van der Waals surface area contributed by atoms with Gasteiger partial charge in [0, 0.05) is 5.56 Å². The number of ether oxygens (including phenoxy) is 1. The van der Waals surface area contributed by atoms with Gasteiger partial charge in [0.1, 0.15) is 0 Å². The molecule has 0 unspecified atom stereocenters. The highest BCUT2D eigenvalue weighted by Gasteiger charge is 2.18. The van der Waals surface area contributed by atoms with E-state index in [-0.39, 0.29) is 5.97 Å². The molecule has 0 radical (unpaired) electrons. The molecule has 0 fully saturated rings. The van der Waals surface area contributed by atoms with Gasteiger partial charge in [0.15, 0.2) is 10.8 Å². The van der Waals surface area contributed by atoms with Gasteiger partial charge in [-0.25, -0.2) is 14.8 Å². The number of carbonyl (C=O) groups excluding carboxylic acids is 1. The van der Waals surface area contributed by atoms with E-state index in [2.05, 4.69) is 9.97 Å². The van der Waals surface area contributed by atoms with Crippen LogP contribution in [0.1, 0.15) is 17.3 Å². The quantitative estimate of drug-likeness (QED) is 0.752. The number of anilines is 1. The Morgan fingerprint density at radius 1 is 1.29 bits per heavy atom. The molecule has 0 aliphatic carbocycles. The number of rotatable bonds is 3. The minimum Gasteiger partial charge on any atom is -0.462 e. The van der Waals surface area contributed by atoms with Gasteiger partial charge in [0.2, 0.25) is 0 Å². The molecule has 0 saturated carbocycles. The lowest BCUT2D eigenvalue weighted by atomic mass is 10.1. The first kappa shape index (κ1) is 13.5. The third-order valence-corrected chi connectivity index (χ3v) is 3.85. The van der Waals surface area contributed by atoms with Crippen molar-refractivity contribution in [1.82, 2.24) is 9.97 Å². The lowest BCUT2D eigenvalue weighted by Gasteiger charge is -2.06. The molecule has 0 amide bonds. The van der Waals surface area contributed by atoms with E-state index in [1.807, 2.05) is 30.3 Å². The van der Waals surface area contributed by atoms with Crippen LogP contribution < -0.4 is 5.73 Å². The standard InChI is InChI=1S/C15H13N3O2S/c1-2-20-14(19)10-8-11(9-6-4-3-5-7-9)17-13-12(10)21-15(16)18-13/h3-8H,2H2,1H3,(H2,16,17,18). The maximum absolute atomic E-state index is 12.1. The molecule has 2 N–H and O–H groups in total. The van der Waals surface area contributed by atoms with Crippen molar-refractivity contribution >= 4 is 32.8 Å². The SMILES string of the molecule is CCOC(=O)c1cc(-c2ccccc2)nc2nc(N)sc12. The third kappa shape index (κ3) is 2.57. The van der Waals surface area contributed by atoms with Gasteiger partial charge in [-0.3, -0.25) is 0 Å². The largest absolute Gasteiger partial charge is 0.462 e. The summed E-state index contributed by atoms with van der Waals surface area (Å²) in [4.78, 5) is 20.8. The lowest BCUT2D eigenvalue weighted by Crippen LogP contribution is -2.05. The van der Waals surface area contributed by atoms with Crippen LogP contribution in [-0.4, -0.2) is 22.5 Å². The van der Waals surface area contributed by atoms with E-state index in [4.69, 9.17) is 10.5 Å². The Morgan fingerprint density at radius 2 is 2.05 bits per heavy atom. The van der Waals surface area contributed by atoms with Crippen LogP contribution in [0.4, 0.5) is 5.13 Å². The summed E-state index contributed by atoms with van der Waals surface area (Å²) in [6, 6.07) is 11.3. The smallest absolute Gasteiger partial charge is 0.339 e. The topological polar surface area (TPSA) is 78.1 Å². The molecule has 3 rings (SSSR count). The lowest BCUT2D eigenvalue weighted by molar-refractivity contribution is 0.0529. The summed E-state index contributed by atoms with van der Waals surface area (Å²) in [5.74, 6) is -0.384. The number of thiazole rings is 1. The fourth-order valence-corrected chi connectivity index (χ4v) is 2.82. The Hall–Kier alpha value is -2.47. The zero-order valence-electron chi connectivity index (χ0n) is 11.4. The Bertz CT molecular complexity index is 799. The summed E-state index contributed by atoms with van der Waals surface area (Å²) in [7, 11) is 0. The van der Waals surface area contributed by atoms with Crippen LogP contribution in [0.2, 0.25) is 0 Å². The molecular formula is C15H13N3O2S. The van der Waals surface area contributed by atoms with Crippen molar-refractivity contribution in [3.63, 3.8) is 0 Å². The van der Waals surface area contributed by atoms with Crippen LogP contribution in [0.15, 0.2) is 36.4 Å². The van der Waals surface area contributed by atoms with Gasteiger partial charge in [-0.1, -0.05) is 41.7 Å². The minimum absolute atomic E-state index is 0.317. The highest BCUT2D eigenvalue weighted by Crippen LogP contribution is 2.30. The molecule has 0 aliphatic heterocycles. The van der Waals surface area contributed by atoms with E-state index >= 15 is 0 Å². The van der Waals surface area contributed by atoms with Gasteiger partial charge in [0.25, 0.3) is 0 Å². The Labute approximate surface area is 125 Å². The number of carbonyl (C=O) groups is 1. The monoisotopic (exact) mass is 299 g/mol.